The summed E-state index contributed by atoms with van der Waals surface area (Å²) < 4.78 is 0. The van der Waals surface area contributed by atoms with Crippen molar-refractivity contribution in [2.24, 2.45) is 0 Å². The van der Waals surface area contributed by atoms with E-state index in [4.69, 9.17) is 5.73 Å². The smallest absolute Gasteiger partial charge is 0.244 e. The van der Waals surface area contributed by atoms with E-state index in [2.05, 4.69) is 22.2 Å². The van der Waals surface area contributed by atoms with Gasteiger partial charge in [-0.2, -0.15) is 0 Å². The van der Waals surface area contributed by atoms with Crippen molar-refractivity contribution < 1.29 is 4.79 Å². The zero-order valence-electron chi connectivity index (χ0n) is 11.8. The van der Waals surface area contributed by atoms with Gasteiger partial charge in [0.25, 0.3) is 0 Å². The van der Waals surface area contributed by atoms with Gasteiger partial charge in [0.15, 0.2) is 0 Å². The Hall–Kier alpha value is -2.63. The molecule has 0 aliphatic carbocycles. The Labute approximate surface area is 123 Å². The van der Waals surface area contributed by atoms with Crippen LogP contribution in [-0.2, 0) is 11.2 Å². The molecule has 3 N–H and O–H groups in total. The number of fused-ring (bicyclic) bond motifs is 1. The van der Waals surface area contributed by atoms with Gasteiger partial charge in [-0.25, -0.2) is 9.97 Å². The molecule has 0 saturated carbocycles. The van der Waals surface area contributed by atoms with Gasteiger partial charge in [-0.15, -0.1) is 0 Å². The van der Waals surface area contributed by atoms with Crippen molar-refractivity contribution in [3.63, 3.8) is 0 Å². The summed E-state index contributed by atoms with van der Waals surface area (Å²) in [6.45, 7) is 2.29. The molecular formula is C15H17N5O. The Balaban J connectivity index is 2.06. The van der Waals surface area contributed by atoms with Crippen LogP contribution < -0.4 is 16.0 Å². The molecule has 0 unspecified atom stereocenters. The number of nitrogens with zero attached hydrogens (tertiary/aromatic N) is 3. The summed E-state index contributed by atoms with van der Waals surface area (Å²) in [5, 5.41) is 2.86. The summed E-state index contributed by atoms with van der Waals surface area (Å²) in [5.74, 6) is 1.72. The average molecular weight is 283 g/mol. The van der Waals surface area contributed by atoms with Crippen LogP contribution in [0.25, 0.3) is 0 Å². The molecule has 108 valence electrons. The molecule has 2 heterocycles. The van der Waals surface area contributed by atoms with Crippen molar-refractivity contribution in [2.75, 3.05) is 22.5 Å². The number of aryl methyl sites for hydroxylation is 1. The van der Waals surface area contributed by atoms with Gasteiger partial charge in [-0.05, 0) is 18.6 Å². The van der Waals surface area contributed by atoms with Crippen LogP contribution in [0.4, 0.5) is 23.0 Å². The van der Waals surface area contributed by atoms with E-state index in [0.717, 1.165) is 24.2 Å². The standard InChI is InChI=1S/C15H17N5O/c1-2-5-13-18-12(16)8-14(19-13)20-9-15(21)17-10-6-3-4-7-11(10)20/h3-4,6-8H,2,5,9H2,1H3,(H,17,21)(H2,16,18,19). The van der Waals surface area contributed by atoms with Crippen LogP contribution in [0.2, 0.25) is 0 Å². The van der Waals surface area contributed by atoms with Gasteiger partial charge in [0.1, 0.15) is 24.0 Å². The molecule has 2 aromatic rings. The number of nitrogen functional groups attached to an aromatic ring is 1. The molecule has 6 heteroatoms. The number of nitrogens with one attached hydrogen (secondary N) is 1. The molecule has 0 spiro atoms. The highest BCUT2D eigenvalue weighted by atomic mass is 16.2. The second kappa shape index (κ2) is 5.40. The van der Waals surface area contributed by atoms with Crippen molar-refractivity contribution in [2.45, 2.75) is 19.8 Å². The molecule has 3 rings (SSSR count). The third kappa shape index (κ3) is 2.65. The van der Waals surface area contributed by atoms with E-state index < -0.39 is 0 Å². The predicted octanol–water partition coefficient (Wildman–Crippen LogP) is 2.10. The number of nitrogens with two attached hydrogens (primary N) is 1. The van der Waals surface area contributed by atoms with Crippen molar-refractivity contribution in [3.05, 3.63) is 36.2 Å². The first-order valence-electron chi connectivity index (χ1n) is 6.97. The van der Waals surface area contributed by atoms with Crippen LogP contribution in [0.15, 0.2) is 30.3 Å². The Kier molecular flexibility index (Phi) is 3.43. The summed E-state index contributed by atoms with van der Waals surface area (Å²) in [7, 11) is 0. The topological polar surface area (TPSA) is 84.1 Å². The highest BCUT2D eigenvalue weighted by Gasteiger charge is 2.24. The summed E-state index contributed by atoms with van der Waals surface area (Å²) in [5.41, 5.74) is 7.57. The molecule has 0 fully saturated rings. The van der Waals surface area contributed by atoms with Gasteiger partial charge in [0.05, 0.1) is 11.4 Å². The Morgan fingerprint density at radius 1 is 1.33 bits per heavy atom. The lowest BCUT2D eigenvalue weighted by Gasteiger charge is -2.30. The summed E-state index contributed by atoms with van der Waals surface area (Å²) in [6, 6.07) is 9.35. The fraction of sp³-hybridized carbons (Fsp3) is 0.267. The molecule has 6 nitrogen and oxygen atoms in total. The Bertz CT molecular complexity index is 686. The minimum Gasteiger partial charge on any atom is -0.384 e. The van der Waals surface area contributed by atoms with Gasteiger partial charge in [-0.3, -0.25) is 4.79 Å². The highest BCUT2D eigenvalue weighted by molar-refractivity contribution is 6.02. The van der Waals surface area contributed by atoms with Crippen molar-refractivity contribution >= 4 is 28.9 Å². The Morgan fingerprint density at radius 2 is 2.14 bits per heavy atom. The molecule has 0 radical (unpaired) electrons. The van der Waals surface area contributed by atoms with E-state index in [1.54, 1.807) is 6.07 Å². The van der Waals surface area contributed by atoms with Crippen LogP contribution in [0.5, 0.6) is 0 Å². The number of hydrogen-bond acceptors (Lipinski definition) is 5. The molecule has 21 heavy (non-hydrogen) atoms. The van der Waals surface area contributed by atoms with Gasteiger partial charge in [-0.1, -0.05) is 19.1 Å². The number of anilines is 4. The third-order valence-electron chi connectivity index (χ3n) is 3.30. The maximum atomic E-state index is 11.9. The van der Waals surface area contributed by atoms with E-state index in [1.807, 2.05) is 29.2 Å². The summed E-state index contributed by atoms with van der Waals surface area (Å²) in [6.07, 6.45) is 1.71. The molecule has 0 atom stereocenters. The average Bonchev–Trinajstić information content (AvgIpc) is 2.46. The SMILES string of the molecule is CCCc1nc(N)cc(N2CC(=O)Nc3ccccc32)n1. The zero-order valence-corrected chi connectivity index (χ0v) is 11.8. The number of carbonyl (C=O) groups is 1. The number of benzene rings is 1. The normalized spacial score (nSPS) is 13.8. The molecule has 1 aliphatic rings. The second-order valence-corrected chi connectivity index (χ2v) is 4.97. The lowest BCUT2D eigenvalue weighted by Crippen LogP contribution is -2.35. The van der Waals surface area contributed by atoms with Crippen LogP contribution in [0, 0.1) is 0 Å². The zero-order chi connectivity index (χ0) is 14.8. The van der Waals surface area contributed by atoms with Crippen LogP contribution >= 0.6 is 0 Å². The number of aromatic nitrogens is 2. The molecule has 1 aliphatic heterocycles. The minimum absolute atomic E-state index is 0.0667. The van der Waals surface area contributed by atoms with Crippen molar-refractivity contribution in [1.29, 1.82) is 0 Å². The van der Waals surface area contributed by atoms with E-state index in [-0.39, 0.29) is 12.5 Å². The predicted molar refractivity (Wildman–Crippen MR) is 82.5 cm³/mol. The lowest BCUT2D eigenvalue weighted by atomic mass is 10.2. The molecule has 1 aromatic carbocycles. The molecule has 1 amide bonds. The maximum Gasteiger partial charge on any atom is 0.244 e. The fourth-order valence-electron chi connectivity index (χ4n) is 2.41. The van der Waals surface area contributed by atoms with E-state index in [9.17, 15) is 4.79 Å². The van der Waals surface area contributed by atoms with E-state index in [1.165, 1.54) is 0 Å². The van der Waals surface area contributed by atoms with Crippen LogP contribution in [0.3, 0.4) is 0 Å². The monoisotopic (exact) mass is 283 g/mol. The molecule has 1 aromatic heterocycles. The quantitative estimate of drug-likeness (QED) is 0.901. The van der Waals surface area contributed by atoms with Crippen molar-refractivity contribution in [1.82, 2.24) is 9.97 Å². The van der Waals surface area contributed by atoms with E-state index in [0.29, 0.717) is 17.5 Å². The van der Waals surface area contributed by atoms with Crippen molar-refractivity contribution in [3.8, 4) is 0 Å². The Morgan fingerprint density at radius 3 is 2.95 bits per heavy atom. The first-order valence-corrected chi connectivity index (χ1v) is 6.97. The molecular weight excluding hydrogens is 266 g/mol. The van der Waals surface area contributed by atoms with E-state index >= 15 is 0 Å². The summed E-state index contributed by atoms with van der Waals surface area (Å²) >= 11 is 0. The first-order chi connectivity index (χ1) is 10.2. The highest BCUT2D eigenvalue weighted by Crippen LogP contribution is 2.34. The van der Waals surface area contributed by atoms with Gasteiger partial charge < -0.3 is 16.0 Å². The number of carbonyl (C=O) groups excluding carboxylic acids is 1. The lowest BCUT2D eigenvalue weighted by molar-refractivity contribution is -0.115. The van der Waals surface area contributed by atoms with Gasteiger partial charge in [0, 0.05) is 12.5 Å². The number of para-hydroxylation sites is 2. The third-order valence-corrected chi connectivity index (χ3v) is 3.30. The minimum atomic E-state index is -0.0667. The van der Waals surface area contributed by atoms with Crippen LogP contribution in [-0.4, -0.2) is 22.4 Å². The maximum absolute atomic E-state index is 11.9. The second-order valence-electron chi connectivity index (χ2n) is 4.97. The molecule has 0 bridgehead atoms. The number of amides is 1. The number of hydrogen-bond donors (Lipinski definition) is 2. The number of rotatable bonds is 3. The van der Waals surface area contributed by atoms with Gasteiger partial charge >= 0.3 is 0 Å². The summed E-state index contributed by atoms with van der Waals surface area (Å²) in [4.78, 5) is 22.5. The fourth-order valence-corrected chi connectivity index (χ4v) is 2.41. The molecule has 0 saturated heterocycles. The largest absolute Gasteiger partial charge is 0.384 e. The van der Waals surface area contributed by atoms with Gasteiger partial charge in [0.2, 0.25) is 5.91 Å². The van der Waals surface area contributed by atoms with Crippen LogP contribution in [0.1, 0.15) is 19.2 Å². The first kappa shape index (κ1) is 13.4.